The van der Waals surface area contributed by atoms with Crippen molar-refractivity contribution in [1.29, 1.82) is 0 Å². The van der Waals surface area contributed by atoms with Gasteiger partial charge >= 0.3 is 6.36 Å². The van der Waals surface area contributed by atoms with Gasteiger partial charge in [-0.15, -0.1) is 13.2 Å². The Hall–Kier alpha value is -1.15. The van der Waals surface area contributed by atoms with Crippen LogP contribution in [0, 0.1) is 0 Å². The average Bonchev–Trinajstić information content (AvgIpc) is 2.26. The first-order valence-electron chi connectivity index (χ1n) is 4.68. The maximum Gasteiger partial charge on any atom is 0.573 e. The van der Waals surface area contributed by atoms with E-state index in [4.69, 9.17) is 0 Å². The van der Waals surface area contributed by atoms with Crippen LogP contribution in [0.2, 0.25) is 0 Å². The van der Waals surface area contributed by atoms with Crippen molar-refractivity contribution in [3.05, 3.63) is 18.3 Å². The van der Waals surface area contributed by atoms with E-state index in [1.54, 1.807) is 14.0 Å². The molecule has 0 radical (unpaired) electrons. The molecule has 1 aromatic heterocycles. The van der Waals surface area contributed by atoms with Crippen molar-refractivity contribution < 1.29 is 22.1 Å². The second kappa shape index (κ2) is 5.46. The first-order valence-corrected chi connectivity index (χ1v) is 5.79. The Morgan fingerprint density at radius 3 is 2.53 bits per heavy atom. The maximum absolute atomic E-state index is 11.9. The van der Waals surface area contributed by atoms with Gasteiger partial charge in [0.05, 0.1) is 6.20 Å². The van der Waals surface area contributed by atoms with E-state index in [1.165, 1.54) is 10.4 Å². The van der Waals surface area contributed by atoms with Gasteiger partial charge in [0.2, 0.25) is 0 Å². The highest BCUT2D eigenvalue weighted by Gasteiger charge is 2.31. The molecule has 0 fully saturated rings. The van der Waals surface area contributed by atoms with E-state index >= 15 is 0 Å². The van der Waals surface area contributed by atoms with Crippen LogP contribution in [0.15, 0.2) is 23.4 Å². The summed E-state index contributed by atoms with van der Waals surface area (Å²) in [4.78, 5) is 3.66. The lowest BCUT2D eigenvalue weighted by atomic mass is 10.5. The molecule has 1 atom stereocenters. The minimum Gasteiger partial charge on any atom is -0.404 e. The van der Waals surface area contributed by atoms with Crippen LogP contribution in [0.5, 0.6) is 5.75 Å². The molecule has 17 heavy (non-hydrogen) atoms. The van der Waals surface area contributed by atoms with Crippen molar-refractivity contribution in [2.45, 2.75) is 18.3 Å². The Balaban J connectivity index is 2.78. The summed E-state index contributed by atoms with van der Waals surface area (Å²) in [6.07, 6.45) is -3.85. The SMILES string of the molecule is CCN(C)S(=O)c1ccc(OC(F)(F)F)cn1. The molecule has 1 aromatic rings. The summed E-state index contributed by atoms with van der Waals surface area (Å²) in [7, 11) is 0.149. The minimum atomic E-state index is -4.75. The lowest BCUT2D eigenvalue weighted by Crippen LogP contribution is -2.21. The topological polar surface area (TPSA) is 42.4 Å². The Bertz CT molecular complexity index is 394. The molecule has 4 nitrogen and oxygen atoms in total. The number of ether oxygens (including phenoxy) is 1. The molecule has 1 unspecified atom stereocenters. The number of rotatable bonds is 4. The smallest absolute Gasteiger partial charge is 0.404 e. The molecule has 0 aliphatic heterocycles. The van der Waals surface area contributed by atoms with E-state index in [9.17, 15) is 17.4 Å². The number of aromatic nitrogens is 1. The van der Waals surface area contributed by atoms with E-state index < -0.39 is 23.1 Å². The van der Waals surface area contributed by atoms with Gasteiger partial charge in [0.25, 0.3) is 0 Å². The standard InChI is InChI=1S/C9H11F3N2O2S/c1-3-14(2)17(15)8-5-4-7(6-13-8)16-9(10,11)12/h4-6H,3H2,1-2H3. The minimum absolute atomic E-state index is 0.184. The van der Waals surface area contributed by atoms with Crippen LogP contribution in [-0.4, -0.2) is 33.5 Å². The van der Waals surface area contributed by atoms with Crippen LogP contribution in [0.25, 0.3) is 0 Å². The third kappa shape index (κ3) is 4.31. The Kier molecular flexibility index (Phi) is 4.47. The van der Waals surface area contributed by atoms with Gasteiger partial charge in [-0.1, -0.05) is 6.92 Å². The summed E-state index contributed by atoms with van der Waals surface area (Å²) in [5.74, 6) is -0.433. The van der Waals surface area contributed by atoms with Gasteiger partial charge in [0.15, 0.2) is 0 Å². The fraction of sp³-hybridized carbons (Fsp3) is 0.444. The molecule has 1 heterocycles. The molecule has 0 saturated carbocycles. The van der Waals surface area contributed by atoms with Crippen LogP contribution in [-0.2, 0) is 11.0 Å². The Morgan fingerprint density at radius 1 is 1.47 bits per heavy atom. The second-order valence-electron chi connectivity index (χ2n) is 3.07. The van der Waals surface area contributed by atoms with Crippen molar-refractivity contribution in [1.82, 2.24) is 9.29 Å². The van der Waals surface area contributed by atoms with Gasteiger partial charge in [-0.2, -0.15) is 0 Å². The van der Waals surface area contributed by atoms with E-state index in [2.05, 4.69) is 9.72 Å². The lowest BCUT2D eigenvalue weighted by Gasteiger charge is -2.12. The molecule has 0 bridgehead atoms. The number of hydrogen-bond donors (Lipinski definition) is 0. The summed E-state index contributed by atoms with van der Waals surface area (Å²) in [6.45, 7) is 2.34. The molecule has 0 N–H and O–H groups in total. The molecule has 0 aliphatic rings. The first kappa shape index (κ1) is 13.9. The fourth-order valence-corrected chi connectivity index (χ4v) is 1.82. The summed E-state index contributed by atoms with van der Waals surface area (Å²) in [5.41, 5.74) is 0. The summed E-state index contributed by atoms with van der Waals surface area (Å²) < 4.78 is 52.4. The van der Waals surface area contributed by atoms with E-state index in [0.717, 1.165) is 12.3 Å². The average molecular weight is 268 g/mol. The number of hydrogen-bond acceptors (Lipinski definition) is 3. The normalized spacial score (nSPS) is 13.8. The summed E-state index contributed by atoms with van der Waals surface area (Å²) in [6, 6.07) is 2.32. The maximum atomic E-state index is 11.9. The van der Waals surface area contributed by atoms with E-state index in [-0.39, 0.29) is 5.03 Å². The quantitative estimate of drug-likeness (QED) is 0.838. The molecule has 8 heteroatoms. The third-order valence-corrected chi connectivity index (χ3v) is 3.27. The van der Waals surface area contributed by atoms with E-state index in [0.29, 0.717) is 6.54 Å². The van der Waals surface area contributed by atoms with Crippen molar-refractivity contribution >= 4 is 11.0 Å². The molecule has 0 saturated heterocycles. The van der Waals surface area contributed by atoms with Crippen LogP contribution >= 0.6 is 0 Å². The van der Waals surface area contributed by atoms with Crippen molar-refractivity contribution in [2.24, 2.45) is 0 Å². The highest BCUT2D eigenvalue weighted by atomic mass is 32.2. The van der Waals surface area contributed by atoms with Crippen molar-refractivity contribution in [3.63, 3.8) is 0 Å². The lowest BCUT2D eigenvalue weighted by molar-refractivity contribution is -0.274. The highest BCUT2D eigenvalue weighted by molar-refractivity contribution is 7.82. The predicted molar refractivity (Wildman–Crippen MR) is 55.6 cm³/mol. The number of alkyl halides is 3. The Morgan fingerprint density at radius 2 is 2.12 bits per heavy atom. The van der Waals surface area contributed by atoms with Gasteiger partial charge in [-0.25, -0.2) is 13.5 Å². The largest absolute Gasteiger partial charge is 0.573 e. The molecular formula is C9H11F3N2O2S. The number of halogens is 3. The zero-order valence-electron chi connectivity index (χ0n) is 9.19. The van der Waals surface area contributed by atoms with Crippen molar-refractivity contribution in [2.75, 3.05) is 13.6 Å². The van der Waals surface area contributed by atoms with E-state index in [1.807, 2.05) is 0 Å². The van der Waals surface area contributed by atoms with Crippen LogP contribution < -0.4 is 4.74 Å². The fourth-order valence-electron chi connectivity index (χ4n) is 0.941. The molecule has 0 amide bonds. The van der Waals surface area contributed by atoms with Gasteiger partial charge in [-0.05, 0) is 12.1 Å². The van der Waals surface area contributed by atoms with Gasteiger partial charge in [0, 0.05) is 13.6 Å². The molecule has 96 valence electrons. The van der Waals surface area contributed by atoms with Crippen LogP contribution in [0.1, 0.15) is 6.92 Å². The third-order valence-electron chi connectivity index (χ3n) is 1.85. The highest BCUT2D eigenvalue weighted by Crippen LogP contribution is 2.22. The summed E-state index contributed by atoms with van der Waals surface area (Å²) >= 11 is 0. The zero-order chi connectivity index (χ0) is 13.1. The first-order chi connectivity index (χ1) is 7.83. The van der Waals surface area contributed by atoms with Gasteiger partial charge < -0.3 is 4.74 Å². The van der Waals surface area contributed by atoms with Crippen LogP contribution in [0.3, 0.4) is 0 Å². The monoisotopic (exact) mass is 268 g/mol. The molecule has 1 rings (SSSR count). The predicted octanol–water partition coefficient (Wildman–Crippen LogP) is 1.95. The molecule has 0 aliphatic carbocycles. The number of pyridine rings is 1. The summed E-state index contributed by atoms with van der Waals surface area (Å²) in [5, 5.41) is 0.184. The molecular weight excluding hydrogens is 257 g/mol. The number of nitrogens with zero attached hydrogens (tertiary/aromatic N) is 2. The molecule has 0 aromatic carbocycles. The van der Waals surface area contributed by atoms with Gasteiger partial charge in [0.1, 0.15) is 21.8 Å². The zero-order valence-corrected chi connectivity index (χ0v) is 10.0. The van der Waals surface area contributed by atoms with Crippen molar-refractivity contribution in [3.8, 4) is 5.75 Å². The molecule has 0 spiro atoms. The Labute approximate surface area is 99.0 Å². The van der Waals surface area contributed by atoms with Crippen LogP contribution in [0.4, 0.5) is 13.2 Å². The van der Waals surface area contributed by atoms with Gasteiger partial charge in [-0.3, -0.25) is 0 Å². The second-order valence-corrected chi connectivity index (χ2v) is 4.61.